The van der Waals surface area contributed by atoms with Crippen molar-refractivity contribution in [3.05, 3.63) is 47.3 Å². The van der Waals surface area contributed by atoms with Gasteiger partial charge in [0.05, 0.1) is 4.90 Å². The molecule has 1 fully saturated rings. The summed E-state index contributed by atoms with van der Waals surface area (Å²) in [5.74, 6) is 0.215. The van der Waals surface area contributed by atoms with Gasteiger partial charge < -0.3 is 10.6 Å². The number of primary sulfonamides is 1. The van der Waals surface area contributed by atoms with E-state index in [-0.39, 0.29) is 10.8 Å². The largest absolute Gasteiger partial charge is 0.351 e. The third kappa shape index (κ3) is 4.99. The van der Waals surface area contributed by atoms with E-state index in [0.29, 0.717) is 30.6 Å². The van der Waals surface area contributed by atoms with Gasteiger partial charge in [-0.15, -0.1) is 0 Å². The summed E-state index contributed by atoms with van der Waals surface area (Å²) < 4.78 is 22.5. The maximum Gasteiger partial charge on any atom is 0.270 e. The van der Waals surface area contributed by atoms with Crippen LogP contribution >= 0.6 is 0 Å². The lowest BCUT2D eigenvalue weighted by atomic mass is 10.1. The van der Waals surface area contributed by atoms with Crippen molar-refractivity contribution in [2.75, 3.05) is 11.9 Å². The molecule has 1 aliphatic carbocycles. The number of aromatic nitrogens is 2. The molecule has 0 saturated heterocycles. The van der Waals surface area contributed by atoms with E-state index in [1.165, 1.54) is 12.1 Å². The first-order valence-corrected chi connectivity index (χ1v) is 9.88. The summed E-state index contributed by atoms with van der Waals surface area (Å²) in [6.45, 7) is 2.23. The van der Waals surface area contributed by atoms with Gasteiger partial charge in [0.2, 0.25) is 16.0 Å². The Morgan fingerprint density at radius 2 is 1.92 bits per heavy atom. The Morgan fingerprint density at radius 1 is 1.23 bits per heavy atom. The van der Waals surface area contributed by atoms with Crippen LogP contribution in [0.5, 0.6) is 0 Å². The number of rotatable bonds is 7. The lowest BCUT2D eigenvalue weighted by Gasteiger charge is -2.08. The molecule has 1 heterocycles. The molecule has 0 bridgehead atoms. The van der Waals surface area contributed by atoms with E-state index in [0.717, 1.165) is 24.1 Å². The Hall–Kier alpha value is -2.52. The number of aryl methyl sites for hydroxylation is 1. The second kappa shape index (κ2) is 7.38. The predicted octanol–water partition coefficient (Wildman–Crippen LogP) is 0.979. The van der Waals surface area contributed by atoms with E-state index in [1.54, 1.807) is 18.2 Å². The quantitative estimate of drug-likeness (QED) is 0.662. The van der Waals surface area contributed by atoms with Gasteiger partial charge in [0, 0.05) is 18.3 Å². The zero-order valence-corrected chi connectivity index (χ0v) is 15.2. The smallest absolute Gasteiger partial charge is 0.270 e. The molecule has 0 aliphatic heterocycles. The first kappa shape index (κ1) is 18.3. The van der Waals surface area contributed by atoms with E-state index in [9.17, 15) is 13.2 Å². The molecule has 3 rings (SSSR count). The molecule has 1 aromatic carbocycles. The van der Waals surface area contributed by atoms with E-state index in [4.69, 9.17) is 5.14 Å². The molecule has 9 heteroatoms. The molecule has 138 valence electrons. The topological polar surface area (TPSA) is 127 Å². The summed E-state index contributed by atoms with van der Waals surface area (Å²) in [4.78, 5) is 20.9. The number of anilines is 1. The first-order valence-electron chi connectivity index (χ1n) is 8.33. The average Bonchev–Trinajstić information content (AvgIpc) is 3.38. The highest BCUT2D eigenvalue weighted by atomic mass is 32.2. The summed E-state index contributed by atoms with van der Waals surface area (Å²) >= 11 is 0. The number of nitrogens with one attached hydrogen (secondary N) is 2. The molecule has 8 nitrogen and oxygen atoms in total. The zero-order valence-electron chi connectivity index (χ0n) is 14.4. The number of benzene rings is 1. The average molecular weight is 375 g/mol. The Kier molecular flexibility index (Phi) is 5.19. The van der Waals surface area contributed by atoms with Crippen LogP contribution in [-0.4, -0.2) is 36.9 Å². The minimum Gasteiger partial charge on any atom is -0.351 e. The minimum absolute atomic E-state index is 0.0671. The molecular weight excluding hydrogens is 354 g/mol. The molecule has 0 unspecified atom stereocenters. The lowest BCUT2D eigenvalue weighted by Crippen LogP contribution is -2.27. The molecule has 1 aromatic heterocycles. The van der Waals surface area contributed by atoms with Crippen LogP contribution in [0.1, 0.15) is 34.6 Å². The van der Waals surface area contributed by atoms with E-state index in [2.05, 4.69) is 20.6 Å². The Labute approximate surface area is 152 Å². The number of hydrogen-bond acceptors (Lipinski definition) is 6. The highest BCUT2D eigenvalue weighted by Crippen LogP contribution is 2.23. The molecule has 26 heavy (non-hydrogen) atoms. The molecule has 1 saturated carbocycles. The molecule has 0 atom stereocenters. The zero-order chi connectivity index (χ0) is 18.7. The fraction of sp³-hybridized carbons (Fsp3) is 0.353. The van der Waals surface area contributed by atoms with Crippen LogP contribution in [0.25, 0.3) is 0 Å². The molecule has 4 N–H and O–H groups in total. The minimum atomic E-state index is -3.69. The van der Waals surface area contributed by atoms with Gasteiger partial charge in [0.25, 0.3) is 5.91 Å². The number of hydrogen-bond donors (Lipinski definition) is 3. The third-order valence-electron chi connectivity index (χ3n) is 3.95. The van der Waals surface area contributed by atoms with Gasteiger partial charge in [-0.2, -0.15) is 0 Å². The highest BCUT2D eigenvalue weighted by molar-refractivity contribution is 7.89. The van der Waals surface area contributed by atoms with Gasteiger partial charge in [0.1, 0.15) is 5.69 Å². The molecule has 1 amide bonds. The van der Waals surface area contributed by atoms with Gasteiger partial charge in [-0.1, -0.05) is 12.1 Å². The van der Waals surface area contributed by atoms with Crippen molar-refractivity contribution >= 4 is 21.9 Å². The number of nitrogens with two attached hydrogens (primary N) is 1. The lowest BCUT2D eigenvalue weighted by molar-refractivity contribution is 0.0949. The van der Waals surface area contributed by atoms with Crippen LogP contribution in [0.15, 0.2) is 35.2 Å². The number of sulfonamides is 1. The molecule has 0 radical (unpaired) electrons. The van der Waals surface area contributed by atoms with Crippen molar-refractivity contribution in [1.29, 1.82) is 0 Å². The van der Waals surface area contributed by atoms with Crippen molar-refractivity contribution < 1.29 is 13.2 Å². The Bertz CT molecular complexity index is 908. The van der Waals surface area contributed by atoms with Crippen LogP contribution in [0.2, 0.25) is 0 Å². The summed E-state index contributed by atoms with van der Waals surface area (Å²) in [5.41, 5.74) is 1.95. The fourth-order valence-corrected chi connectivity index (χ4v) is 2.93. The van der Waals surface area contributed by atoms with E-state index in [1.807, 2.05) is 6.92 Å². The normalized spacial score (nSPS) is 14.1. The number of amides is 1. The standard InChI is InChI=1S/C17H21N5O3S/c1-11-10-15(22-17(20-11)21-13-4-5-13)16(23)19-9-8-12-2-6-14(7-3-12)26(18,24)25/h2-3,6-7,10,13H,4-5,8-9H2,1H3,(H,19,23)(H2,18,24,25)(H,20,21,22). The second-order valence-electron chi connectivity index (χ2n) is 6.33. The van der Waals surface area contributed by atoms with Crippen molar-refractivity contribution in [3.8, 4) is 0 Å². The molecule has 2 aromatic rings. The Morgan fingerprint density at radius 3 is 2.54 bits per heavy atom. The fourth-order valence-electron chi connectivity index (χ4n) is 2.42. The number of carbonyl (C=O) groups is 1. The van der Waals surface area contributed by atoms with Crippen molar-refractivity contribution in [3.63, 3.8) is 0 Å². The molecule has 0 spiro atoms. The highest BCUT2D eigenvalue weighted by Gasteiger charge is 2.22. The van der Waals surface area contributed by atoms with Gasteiger partial charge >= 0.3 is 0 Å². The van der Waals surface area contributed by atoms with Gasteiger partial charge in [0.15, 0.2) is 0 Å². The maximum atomic E-state index is 12.3. The third-order valence-corrected chi connectivity index (χ3v) is 4.88. The van der Waals surface area contributed by atoms with Gasteiger partial charge in [-0.25, -0.2) is 23.5 Å². The first-order chi connectivity index (χ1) is 12.3. The monoisotopic (exact) mass is 375 g/mol. The van der Waals surface area contributed by atoms with Gasteiger partial charge in [-0.3, -0.25) is 4.79 Å². The maximum absolute atomic E-state index is 12.3. The van der Waals surface area contributed by atoms with Crippen molar-refractivity contribution in [2.45, 2.75) is 37.1 Å². The molecular formula is C17H21N5O3S. The van der Waals surface area contributed by atoms with Crippen molar-refractivity contribution in [1.82, 2.24) is 15.3 Å². The predicted molar refractivity (Wildman–Crippen MR) is 97.3 cm³/mol. The van der Waals surface area contributed by atoms with Gasteiger partial charge in [-0.05, 0) is 49.9 Å². The van der Waals surface area contributed by atoms with Crippen LogP contribution in [0, 0.1) is 6.92 Å². The van der Waals surface area contributed by atoms with Crippen LogP contribution in [0.3, 0.4) is 0 Å². The van der Waals surface area contributed by atoms with E-state index < -0.39 is 10.0 Å². The second-order valence-corrected chi connectivity index (χ2v) is 7.89. The van der Waals surface area contributed by atoms with Crippen LogP contribution in [0.4, 0.5) is 5.95 Å². The Balaban J connectivity index is 1.56. The van der Waals surface area contributed by atoms with E-state index >= 15 is 0 Å². The van der Waals surface area contributed by atoms with Crippen LogP contribution < -0.4 is 15.8 Å². The molecule has 1 aliphatic rings. The number of carbonyl (C=O) groups excluding carboxylic acids is 1. The summed E-state index contributed by atoms with van der Waals surface area (Å²) in [5, 5.41) is 11.1. The SMILES string of the molecule is Cc1cc(C(=O)NCCc2ccc(S(N)(=O)=O)cc2)nc(NC2CC2)n1. The summed E-state index contributed by atoms with van der Waals surface area (Å²) in [6.07, 6.45) is 2.76. The summed E-state index contributed by atoms with van der Waals surface area (Å²) in [6, 6.07) is 8.32. The van der Waals surface area contributed by atoms with Crippen molar-refractivity contribution in [2.24, 2.45) is 5.14 Å². The summed E-state index contributed by atoms with van der Waals surface area (Å²) in [7, 11) is -3.69. The number of nitrogens with zero attached hydrogens (tertiary/aromatic N) is 2. The van der Waals surface area contributed by atoms with Crippen LogP contribution in [-0.2, 0) is 16.4 Å².